The van der Waals surface area contributed by atoms with E-state index in [0.29, 0.717) is 5.69 Å². The number of hydrogen-bond acceptors (Lipinski definition) is 5. The topological polar surface area (TPSA) is 123 Å². The molecule has 6 N–H and O–H groups in total. The molecule has 0 saturated heterocycles. The summed E-state index contributed by atoms with van der Waals surface area (Å²) in [5.74, 6) is 3.74. The van der Waals surface area contributed by atoms with E-state index in [1.54, 1.807) is 12.1 Å². The van der Waals surface area contributed by atoms with Gasteiger partial charge in [0.2, 0.25) is 0 Å². The first-order chi connectivity index (χ1) is 9.60. The molecule has 2 rings (SSSR count). The lowest BCUT2D eigenvalue weighted by Gasteiger charge is -2.02. The van der Waals surface area contributed by atoms with Gasteiger partial charge in [0.1, 0.15) is 11.3 Å². The second kappa shape index (κ2) is 5.45. The first-order valence-electron chi connectivity index (χ1n) is 5.76. The third kappa shape index (κ3) is 2.21. The number of ether oxygens (including phenoxy) is 1. The number of hydrazine groups is 1. The minimum absolute atomic E-state index is 0.0318. The monoisotopic (exact) mass is 274 g/mol. The molecule has 0 fully saturated rings. The Balaban J connectivity index is 2.65. The van der Waals surface area contributed by atoms with Crippen LogP contribution in [0.1, 0.15) is 20.8 Å². The Morgan fingerprint density at radius 1 is 1.25 bits per heavy atom. The standard InChI is InChI=1S/C13H14N4O3/c1-20-13(19)8-9(14)10(7-5-3-2-4-6-7)16-11(8)12(18)17-15/h2-6,16H,14-15H2,1H3,(H,17,18). The van der Waals surface area contributed by atoms with Crippen molar-refractivity contribution in [3.8, 4) is 11.3 Å². The third-order valence-corrected chi connectivity index (χ3v) is 2.85. The third-order valence-electron chi connectivity index (χ3n) is 2.85. The van der Waals surface area contributed by atoms with E-state index >= 15 is 0 Å². The fourth-order valence-corrected chi connectivity index (χ4v) is 1.90. The molecule has 1 aromatic heterocycles. The highest BCUT2D eigenvalue weighted by Gasteiger charge is 2.26. The van der Waals surface area contributed by atoms with E-state index in [1.807, 2.05) is 23.6 Å². The number of carbonyl (C=O) groups is 2. The van der Waals surface area contributed by atoms with Crippen LogP contribution in [0, 0.1) is 0 Å². The minimum atomic E-state index is -0.709. The number of carbonyl (C=O) groups excluding carboxylic acids is 2. The number of H-pyrrole nitrogens is 1. The molecule has 0 spiro atoms. The summed E-state index contributed by atoms with van der Waals surface area (Å²) in [6, 6.07) is 9.07. The molecule has 104 valence electrons. The van der Waals surface area contributed by atoms with Crippen LogP contribution in [-0.4, -0.2) is 24.0 Å². The summed E-state index contributed by atoms with van der Waals surface area (Å²) in [6.07, 6.45) is 0. The molecule has 20 heavy (non-hydrogen) atoms. The van der Waals surface area contributed by atoms with Crippen LogP contribution in [0.2, 0.25) is 0 Å². The normalized spacial score (nSPS) is 10.1. The highest BCUT2D eigenvalue weighted by molar-refractivity contribution is 6.10. The molecule has 0 aliphatic carbocycles. The van der Waals surface area contributed by atoms with Gasteiger partial charge in [-0.3, -0.25) is 10.2 Å². The molecule has 7 heteroatoms. The second-order valence-corrected chi connectivity index (χ2v) is 3.99. The van der Waals surface area contributed by atoms with Gasteiger partial charge in [0.05, 0.1) is 18.5 Å². The number of anilines is 1. The molecule has 0 unspecified atom stereocenters. The number of aromatic nitrogens is 1. The number of amides is 1. The summed E-state index contributed by atoms with van der Waals surface area (Å²) in [5, 5.41) is 0. The molecule has 1 aromatic carbocycles. The van der Waals surface area contributed by atoms with Gasteiger partial charge in [0.25, 0.3) is 5.91 Å². The molecule has 0 radical (unpaired) electrons. The Kier molecular flexibility index (Phi) is 3.72. The fraction of sp³-hybridized carbons (Fsp3) is 0.0769. The van der Waals surface area contributed by atoms with Crippen molar-refractivity contribution in [2.24, 2.45) is 5.84 Å². The quantitative estimate of drug-likeness (QED) is 0.283. The highest BCUT2D eigenvalue weighted by Crippen LogP contribution is 2.31. The molecule has 1 amide bonds. The number of nitrogens with one attached hydrogen (secondary N) is 2. The maximum atomic E-state index is 11.8. The molecule has 0 aliphatic heterocycles. The minimum Gasteiger partial charge on any atom is -0.465 e. The van der Waals surface area contributed by atoms with Crippen LogP contribution in [-0.2, 0) is 4.74 Å². The van der Waals surface area contributed by atoms with E-state index in [9.17, 15) is 9.59 Å². The average molecular weight is 274 g/mol. The molecular weight excluding hydrogens is 260 g/mol. The lowest BCUT2D eigenvalue weighted by atomic mass is 10.1. The van der Waals surface area contributed by atoms with E-state index in [4.69, 9.17) is 11.6 Å². The molecule has 0 aliphatic rings. The Morgan fingerprint density at radius 3 is 2.45 bits per heavy atom. The fourth-order valence-electron chi connectivity index (χ4n) is 1.90. The van der Waals surface area contributed by atoms with Crippen molar-refractivity contribution >= 4 is 17.6 Å². The van der Waals surface area contributed by atoms with Crippen LogP contribution < -0.4 is 17.0 Å². The second-order valence-electron chi connectivity index (χ2n) is 3.99. The van der Waals surface area contributed by atoms with Crippen molar-refractivity contribution in [2.75, 3.05) is 12.8 Å². The van der Waals surface area contributed by atoms with Gasteiger partial charge in [0, 0.05) is 5.56 Å². The van der Waals surface area contributed by atoms with Gasteiger partial charge in [-0.25, -0.2) is 10.6 Å². The van der Waals surface area contributed by atoms with Crippen molar-refractivity contribution in [1.29, 1.82) is 0 Å². The summed E-state index contributed by atoms with van der Waals surface area (Å²) in [6.45, 7) is 0. The average Bonchev–Trinajstić information content (AvgIpc) is 2.84. The largest absolute Gasteiger partial charge is 0.465 e. The number of aromatic amines is 1. The molecule has 0 atom stereocenters. The zero-order chi connectivity index (χ0) is 14.7. The molecule has 7 nitrogen and oxygen atoms in total. The molecule has 1 heterocycles. The van der Waals surface area contributed by atoms with Gasteiger partial charge in [-0.2, -0.15) is 0 Å². The van der Waals surface area contributed by atoms with Crippen LogP contribution in [0.25, 0.3) is 11.3 Å². The maximum Gasteiger partial charge on any atom is 0.342 e. The van der Waals surface area contributed by atoms with Crippen LogP contribution in [0.3, 0.4) is 0 Å². The van der Waals surface area contributed by atoms with Crippen molar-refractivity contribution in [3.63, 3.8) is 0 Å². The highest BCUT2D eigenvalue weighted by atomic mass is 16.5. The van der Waals surface area contributed by atoms with Crippen LogP contribution >= 0.6 is 0 Å². The first kappa shape index (κ1) is 13.6. The van der Waals surface area contributed by atoms with E-state index < -0.39 is 11.9 Å². The summed E-state index contributed by atoms with van der Waals surface area (Å²) >= 11 is 0. The molecule has 0 saturated carbocycles. The number of hydrogen-bond donors (Lipinski definition) is 4. The van der Waals surface area contributed by atoms with Crippen molar-refractivity contribution < 1.29 is 14.3 Å². The zero-order valence-electron chi connectivity index (χ0n) is 10.8. The van der Waals surface area contributed by atoms with Gasteiger partial charge < -0.3 is 15.5 Å². The predicted molar refractivity (Wildman–Crippen MR) is 73.6 cm³/mol. The molecular formula is C13H14N4O3. The van der Waals surface area contributed by atoms with Gasteiger partial charge in [-0.15, -0.1) is 0 Å². The number of benzene rings is 1. The Bertz CT molecular complexity index is 649. The Hall–Kier alpha value is -2.80. The van der Waals surface area contributed by atoms with Crippen molar-refractivity contribution in [2.45, 2.75) is 0 Å². The van der Waals surface area contributed by atoms with E-state index in [-0.39, 0.29) is 16.9 Å². The van der Waals surface area contributed by atoms with Crippen LogP contribution in [0.15, 0.2) is 30.3 Å². The SMILES string of the molecule is COC(=O)c1c(C(=O)NN)[nH]c(-c2ccccc2)c1N. The summed E-state index contributed by atoms with van der Waals surface area (Å²) in [5.41, 5.74) is 9.19. The maximum absolute atomic E-state index is 11.8. The summed E-state index contributed by atoms with van der Waals surface area (Å²) in [4.78, 5) is 26.3. The smallest absolute Gasteiger partial charge is 0.342 e. The number of nitrogens with two attached hydrogens (primary N) is 2. The van der Waals surface area contributed by atoms with Crippen molar-refractivity contribution in [1.82, 2.24) is 10.4 Å². The number of esters is 1. The number of methoxy groups -OCH3 is 1. The number of nitrogen functional groups attached to an aromatic ring is 2. The van der Waals surface area contributed by atoms with Gasteiger partial charge in [0.15, 0.2) is 0 Å². The van der Waals surface area contributed by atoms with Gasteiger partial charge >= 0.3 is 5.97 Å². The van der Waals surface area contributed by atoms with Crippen LogP contribution in [0.5, 0.6) is 0 Å². The first-order valence-corrected chi connectivity index (χ1v) is 5.76. The number of rotatable bonds is 3. The van der Waals surface area contributed by atoms with E-state index in [0.717, 1.165) is 5.56 Å². The lowest BCUT2D eigenvalue weighted by Crippen LogP contribution is -2.31. The Labute approximate surface area is 114 Å². The lowest BCUT2D eigenvalue weighted by molar-refractivity contribution is 0.0597. The summed E-state index contributed by atoms with van der Waals surface area (Å²) in [7, 11) is 1.21. The van der Waals surface area contributed by atoms with Gasteiger partial charge in [-0.1, -0.05) is 30.3 Å². The van der Waals surface area contributed by atoms with Gasteiger partial charge in [-0.05, 0) is 0 Å². The molecule has 2 aromatic rings. The zero-order valence-corrected chi connectivity index (χ0v) is 10.8. The van der Waals surface area contributed by atoms with E-state index in [1.165, 1.54) is 7.11 Å². The van der Waals surface area contributed by atoms with Crippen LogP contribution in [0.4, 0.5) is 5.69 Å². The van der Waals surface area contributed by atoms with E-state index in [2.05, 4.69) is 9.72 Å². The predicted octanol–water partition coefficient (Wildman–Crippen LogP) is 0.654. The Morgan fingerprint density at radius 2 is 1.90 bits per heavy atom. The summed E-state index contributed by atoms with van der Waals surface area (Å²) < 4.78 is 4.64. The van der Waals surface area contributed by atoms with Crippen molar-refractivity contribution in [3.05, 3.63) is 41.6 Å². The molecule has 0 bridgehead atoms.